The third-order valence-electron chi connectivity index (χ3n) is 4.12. The van der Waals surface area contributed by atoms with Crippen LogP contribution in [-0.4, -0.2) is 30.9 Å². The number of carbonyl (C=O) groups is 1. The molecule has 3 nitrogen and oxygen atoms in total. The number of carbonyl (C=O) groups excluding carboxylic acids is 1. The van der Waals surface area contributed by atoms with E-state index in [1.165, 1.54) is 12.1 Å². The van der Waals surface area contributed by atoms with Crippen LogP contribution >= 0.6 is 12.4 Å². The molecule has 1 aliphatic rings. The average Bonchev–Trinajstić information content (AvgIpc) is 3.19. The monoisotopic (exact) mass is 314 g/mol. The van der Waals surface area contributed by atoms with E-state index in [4.69, 9.17) is 5.73 Å². The SMILES string of the molecule is CN(CC(C)(C)CN)C(=O)C1(c2ccc(F)cc2)CC1.Cl. The first-order valence-corrected chi connectivity index (χ1v) is 7.02. The second-order valence-corrected chi connectivity index (χ2v) is 6.62. The van der Waals surface area contributed by atoms with E-state index in [1.807, 2.05) is 20.9 Å². The second kappa shape index (κ2) is 6.32. The van der Waals surface area contributed by atoms with Crippen molar-refractivity contribution >= 4 is 18.3 Å². The molecule has 0 aliphatic heterocycles. The van der Waals surface area contributed by atoms with Crippen molar-refractivity contribution in [2.24, 2.45) is 11.1 Å². The van der Waals surface area contributed by atoms with E-state index in [0.29, 0.717) is 13.1 Å². The van der Waals surface area contributed by atoms with Crippen molar-refractivity contribution in [3.8, 4) is 0 Å². The molecule has 0 atom stereocenters. The summed E-state index contributed by atoms with van der Waals surface area (Å²) in [7, 11) is 1.82. The van der Waals surface area contributed by atoms with E-state index < -0.39 is 5.41 Å². The molecule has 1 saturated carbocycles. The molecule has 0 aromatic heterocycles. The molecule has 1 fully saturated rings. The minimum Gasteiger partial charge on any atom is -0.344 e. The number of likely N-dealkylation sites (N-methyl/N-ethyl adjacent to an activating group) is 1. The molecule has 0 saturated heterocycles. The zero-order chi connectivity index (χ0) is 15.0. The number of amides is 1. The van der Waals surface area contributed by atoms with E-state index in [1.54, 1.807) is 17.0 Å². The molecule has 0 unspecified atom stereocenters. The van der Waals surface area contributed by atoms with Crippen LogP contribution in [0, 0.1) is 11.2 Å². The molecule has 1 aliphatic carbocycles. The van der Waals surface area contributed by atoms with Gasteiger partial charge in [0.15, 0.2) is 0 Å². The van der Waals surface area contributed by atoms with E-state index in [2.05, 4.69) is 0 Å². The molecule has 2 rings (SSSR count). The Morgan fingerprint density at radius 1 is 1.33 bits per heavy atom. The molecule has 0 heterocycles. The van der Waals surface area contributed by atoms with Gasteiger partial charge < -0.3 is 10.6 Å². The number of nitrogens with two attached hydrogens (primary N) is 1. The first-order chi connectivity index (χ1) is 9.31. The number of hydrogen-bond donors (Lipinski definition) is 1. The van der Waals surface area contributed by atoms with Gasteiger partial charge >= 0.3 is 0 Å². The summed E-state index contributed by atoms with van der Waals surface area (Å²) < 4.78 is 13.0. The smallest absolute Gasteiger partial charge is 0.232 e. The quantitative estimate of drug-likeness (QED) is 0.908. The molecule has 1 aromatic rings. The Hall–Kier alpha value is -1.13. The minimum atomic E-state index is -0.437. The van der Waals surface area contributed by atoms with Crippen molar-refractivity contribution in [1.29, 1.82) is 0 Å². The fourth-order valence-electron chi connectivity index (χ4n) is 2.66. The molecular weight excluding hydrogens is 291 g/mol. The van der Waals surface area contributed by atoms with Gasteiger partial charge in [-0.2, -0.15) is 0 Å². The predicted octanol–water partition coefficient (Wildman–Crippen LogP) is 2.72. The largest absolute Gasteiger partial charge is 0.344 e. The maximum atomic E-state index is 13.0. The molecule has 118 valence electrons. The highest BCUT2D eigenvalue weighted by atomic mass is 35.5. The van der Waals surface area contributed by atoms with E-state index >= 15 is 0 Å². The van der Waals surface area contributed by atoms with Crippen molar-refractivity contribution in [3.63, 3.8) is 0 Å². The van der Waals surface area contributed by atoms with Crippen molar-refractivity contribution in [3.05, 3.63) is 35.6 Å². The van der Waals surface area contributed by atoms with Crippen LogP contribution in [-0.2, 0) is 10.2 Å². The minimum absolute atomic E-state index is 0. The van der Waals surface area contributed by atoms with Gasteiger partial charge in [0, 0.05) is 13.6 Å². The van der Waals surface area contributed by atoms with Crippen LogP contribution in [0.1, 0.15) is 32.3 Å². The molecule has 5 heteroatoms. The van der Waals surface area contributed by atoms with Gasteiger partial charge in [-0.15, -0.1) is 12.4 Å². The van der Waals surface area contributed by atoms with Gasteiger partial charge in [-0.25, -0.2) is 4.39 Å². The fourth-order valence-corrected chi connectivity index (χ4v) is 2.66. The summed E-state index contributed by atoms with van der Waals surface area (Å²) in [5.74, 6) is -0.153. The van der Waals surface area contributed by atoms with Crippen LogP contribution in [0.15, 0.2) is 24.3 Å². The Morgan fingerprint density at radius 3 is 2.29 bits per heavy atom. The number of hydrogen-bond acceptors (Lipinski definition) is 2. The third kappa shape index (κ3) is 3.74. The summed E-state index contributed by atoms with van der Waals surface area (Å²) in [5, 5.41) is 0. The number of halogens is 2. The highest BCUT2D eigenvalue weighted by molar-refractivity contribution is 5.91. The predicted molar refractivity (Wildman–Crippen MR) is 85.0 cm³/mol. The molecule has 21 heavy (non-hydrogen) atoms. The van der Waals surface area contributed by atoms with Crippen LogP contribution in [0.5, 0.6) is 0 Å². The van der Waals surface area contributed by atoms with Crippen LogP contribution in [0.25, 0.3) is 0 Å². The highest BCUT2D eigenvalue weighted by Crippen LogP contribution is 2.49. The van der Waals surface area contributed by atoms with E-state index in [9.17, 15) is 9.18 Å². The summed E-state index contributed by atoms with van der Waals surface area (Å²) in [4.78, 5) is 14.5. The lowest BCUT2D eigenvalue weighted by Gasteiger charge is -2.31. The Labute approximate surface area is 132 Å². The topological polar surface area (TPSA) is 46.3 Å². The first kappa shape index (κ1) is 17.9. The molecule has 1 aromatic carbocycles. The van der Waals surface area contributed by atoms with E-state index in [0.717, 1.165) is 18.4 Å². The molecule has 0 radical (unpaired) electrons. The van der Waals surface area contributed by atoms with Gasteiger partial charge in [0.2, 0.25) is 5.91 Å². The Balaban J connectivity index is 0.00000220. The van der Waals surface area contributed by atoms with Gasteiger partial charge in [0.1, 0.15) is 5.82 Å². The van der Waals surface area contributed by atoms with E-state index in [-0.39, 0.29) is 29.5 Å². The summed E-state index contributed by atoms with van der Waals surface area (Å²) in [6.45, 7) is 5.27. The van der Waals surface area contributed by atoms with Gasteiger partial charge in [-0.3, -0.25) is 4.79 Å². The van der Waals surface area contributed by atoms with Crippen LogP contribution < -0.4 is 5.73 Å². The van der Waals surface area contributed by atoms with Crippen LogP contribution in [0.3, 0.4) is 0 Å². The number of benzene rings is 1. The van der Waals surface area contributed by atoms with Gasteiger partial charge in [0.25, 0.3) is 0 Å². The summed E-state index contributed by atoms with van der Waals surface area (Å²) in [6, 6.07) is 6.29. The Bertz CT molecular complexity index is 498. The maximum absolute atomic E-state index is 13.0. The summed E-state index contributed by atoms with van der Waals surface area (Å²) >= 11 is 0. The van der Waals surface area contributed by atoms with Crippen molar-refractivity contribution in [1.82, 2.24) is 4.90 Å². The number of nitrogens with zero attached hydrogens (tertiary/aromatic N) is 1. The normalized spacial score (nSPS) is 16.0. The standard InChI is InChI=1S/C16H23FN2O.ClH/c1-15(2,10-18)11-19(3)14(20)16(8-9-16)12-4-6-13(17)7-5-12;/h4-7H,8-11,18H2,1-3H3;1H. The van der Waals surface area contributed by atoms with Crippen LogP contribution in [0.4, 0.5) is 4.39 Å². The first-order valence-electron chi connectivity index (χ1n) is 7.02. The average molecular weight is 315 g/mol. The zero-order valence-corrected chi connectivity index (χ0v) is 13.7. The summed E-state index contributed by atoms with van der Waals surface area (Å²) in [5.41, 5.74) is 6.11. The van der Waals surface area contributed by atoms with Crippen LogP contribution in [0.2, 0.25) is 0 Å². The number of rotatable bonds is 5. The van der Waals surface area contributed by atoms with Gasteiger partial charge in [-0.1, -0.05) is 26.0 Å². The molecular formula is C16H24ClFN2O. The lowest BCUT2D eigenvalue weighted by molar-refractivity contribution is -0.133. The Morgan fingerprint density at radius 2 is 1.86 bits per heavy atom. The highest BCUT2D eigenvalue weighted by Gasteiger charge is 2.52. The van der Waals surface area contributed by atoms with Crippen molar-refractivity contribution < 1.29 is 9.18 Å². The maximum Gasteiger partial charge on any atom is 0.232 e. The lowest BCUT2D eigenvalue weighted by Crippen LogP contribution is -2.44. The van der Waals surface area contributed by atoms with Crippen molar-refractivity contribution in [2.75, 3.05) is 20.1 Å². The fraction of sp³-hybridized carbons (Fsp3) is 0.562. The molecule has 0 bridgehead atoms. The molecule has 2 N–H and O–H groups in total. The van der Waals surface area contributed by atoms with Gasteiger partial charge in [-0.05, 0) is 42.5 Å². The summed E-state index contributed by atoms with van der Waals surface area (Å²) in [6.07, 6.45) is 1.68. The lowest BCUT2D eigenvalue weighted by atomic mass is 9.90. The Kier molecular flexibility index (Phi) is 5.40. The van der Waals surface area contributed by atoms with Gasteiger partial charge in [0.05, 0.1) is 5.41 Å². The third-order valence-corrected chi connectivity index (χ3v) is 4.12. The molecule has 1 amide bonds. The molecule has 0 spiro atoms. The van der Waals surface area contributed by atoms with Crippen molar-refractivity contribution in [2.45, 2.75) is 32.1 Å². The second-order valence-electron chi connectivity index (χ2n) is 6.62. The zero-order valence-electron chi connectivity index (χ0n) is 12.9.